The van der Waals surface area contributed by atoms with Crippen LogP contribution in [0.2, 0.25) is 0 Å². The normalized spacial score (nSPS) is 17.3. The highest BCUT2D eigenvalue weighted by molar-refractivity contribution is 5.89. The molecule has 1 atom stereocenters. The van der Waals surface area contributed by atoms with Crippen molar-refractivity contribution < 1.29 is 4.79 Å². The Kier molecular flexibility index (Phi) is 6.97. The van der Waals surface area contributed by atoms with Crippen molar-refractivity contribution in [1.82, 2.24) is 19.9 Å². The van der Waals surface area contributed by atoms with E-state index < -0.39 is 0 Å². The van der Waals surface area contributed by atoms with E-state index in [9.17, 15) is 4.79 Å². The largest absolute Gasteiger partial charge is 0.378 e. The smallest absolute Gasteiger partial charge is 0.228 e. The average Bonchev–Trinajstić information content (AvgIpc) is 3.42. The standard InChI is InChI=1S/C27H34N8O/c1-18(21-15-20-7-3-6-10-23(20)29-17-21)30-26-25(31-22-8-4-5-9-22)24(16-28)32-27(33-26)35-13-11-34(12-14-35)19(2)36/h3,6-7,10,15-18,22,28,31H,4-5,8-9,11-14H2,1-2H3,(H,30,32,33)/t18-/m1/s1. The van der Waals surface area contributed by atoms with Crippen molar-refractivity contribution in [3.8, 4) is 0 Å². The van der Waals surface area contributed by atoms with Gasteiger partial charge in [-0.25, -0.2) is 4.98 Å². The average molecular weight is 487 g/mol. The molecule has 1 saturated carbocycles. The minimum absolute atomic E-state index is 0.0536. The van der Waals surface area contributed by atoms with E-state index in [-0.39, 0.29) is 11.9 Å². The van der Waals surface area contributed by atoms with Crippen molar-refractivity contribution >= 4 is 40.5 Å². The molecule has 188 valence electrons. The predicted molar refractivity (Wildman–Crippen MR) is 144 cm³/mol. The van der Waals surface area contributed by atoms with Gasteiger partial charge in [0.05, 0.1) is 11.6 Å². The number of hydrogen-bond acceptors (Lipinski definition) is 8. The number of rotatable bonds is 7. The Hall–Kier alpha value is -3.75. The molecule has 9 nitrogen and oxygen atoms in total. The zero-order valence-corrected chi connectivity index (χ0v) is 21.0. The van der Waals surface area contributed by atoms with E-state index in [0.29, 0.717) is 49.7 Å². The minimum atomic E-state index is -0.0536. The highest BCUT2D eigenvalue weighted by Gasteiger charge is 2.25. The van der Waals surface area contributed by atoms with Crippen LogP contribution in [0.4, 0.5) is 17.5 Å². The lowest BCUT2D eigenvalue weighted by Crippen LogP contribution is -2.48. The van der Waals surface area contributed by atoms with E-state index in [0.717, 1.165) is 35.0 Å². The van der Waals surface area contributed by atoms with Gasteiger partial charge < -0.3 is 25.8 Å². The predicted octanol–water partition coefficient (Wildman–Crippen LogP) is 4.22. The third-order valence-corrected chi connectivity index (χ3v) is 7.24. The van der Waals surface area contributed by atoms with E-state index in [1.807, 2.05) is 29.3 Å². The summed E-state index contributed by atoms with van der Waals surface area (Å²) in [5, 5.41) is 16.5. The van der Waals surface area contributed by atoms with E-state index in [2.05, 4.69) is 39.6 Å². The number of amides is 1. The molecule has 3 N–H and O–H groups in total. The van der Waals surface area contributed by atoms with Gasteiger partial charge >= 0.3 is 0 Å². The SMILES string of the molecule is CC(=O)N1CCN(c2nc(C=N)c(NC3CCCC3)c(N[C@H](C)c3cnc4ccccc4c3)n2)CC1. The summed E-state index contributed by atoms with van der Waals surface area (Å²) in [6.07, 6.45) is 7.84. The molecule has 9 heteroatoms. The van der Waals surface area contributed by atoms with Gasteiger partial charge in [0.15, 0.2) is 5.82 Å². The molecule has 5 rings (SSSR count). The Balaban J connectivity index is 1.46. The molecule has 2 fully saturated rings. The highest BCUT2D eigenvalue weighted by atomic mass is 16.2. The van der Waals surface area contributed by atoms with Crippen molar-refractivity contribution in [3.05, 3.63) is 47.8 Å². The molecule has 1 aliphatic heterocycles. The van der Waals surface area contributed by atoms with Crippen molar-refractivity contribution in [2.45, 2.75) is 51.6 Å². The first kappa shape index (κ1) is 24.0. The quantitative estimate of drug-likeness (QED) is 0.429. The molecule has 1 aliphatic carbocycles. The number of carbonyl (C=O) groups excluding carboxylic acids is 1. The number of carbonyl (C=O) groups is 1. The molecule has 1 aromatic carbocycles. The Morgan fingerprint density at radius 2 is 1.89 bits per heavy atom. The van der Waals surface area contributed by atoms with Crippen LogP contribution < -0.4 is 15.5 Å². The molecular formula is C27H34N8O. The van der Waals surface area contributed by atoms with Gasteiger partial charge in [-0.05, 0) is 37.5 Å². The van der Waals surface area contributed by atoms with Crippen molar-refractivity contribution in [3.63, 3.8) is 0 Å². The lowest BCUT2D eigenvalue weighted by atomic mass is 10.1. The van der Waals surface area contributed by atoms with Crippen LogP contribution >= 0.6 is 0 Å². The first-order valence-corrected chi connectivity index (χ1v) is 12.8. The van der Waals surface area contributed by atoms with E-state index in [1.54, 1.807) is 6.92 Å². The third-order valence-electron chi connectivity index (χ3n) is 7.24. The zero-order chi connectivity index (χ0) is 25.1. The van der Waals surface area contributed by atoms with E-state index in [1.165, 1.54) is 19.1 Å². The number of nitrogens with zero attached hydrogens (tertiary/aromatic N) is 5. The molecule has 0 bridgehead atoms. The molecule has 36 heavy (non-hydrogen) atoms. The fraction of sp³-hybridized carbons (Fsp3) is 0.444. The minimum Gasteiger partial charge on any atom is -0.378 e. The van der Waals surface area contributed by atoms with Crippen LogP contribution in [0.1, 0.15) is 56.8 Å². The molecular weight excluding hydrogens is 452 g/mol. The van der Waals surface area contributed by atoms with Crippen LogP contribution in [0.25, 0.3) is 10.9 Å². The molecule has 3 heterocycles. The molecule has 0 unspecified atom stereocenters. The molecule has 2 aliphatic rings. The number of nitrogens with one attached hydrogen (secondary N) is 3. The van der Waals surface area contributed by atoms with Crippen LogP contribution in [-0.4, -0.2) is 64.2 Å². The summed E-state index contributed by atoms with van der Waals surface area (Å²) in [5.41, 5.74) is 3.39. The monoisotopic (exact) mass is 486 g/mol. The Morgan fingerprint density at radius 1 is 1.14 bits per heavy atom. The molecule has 2 aromatic heterocycles. The number of benzene rings is 1. The summed E-state index contributed by atoms with van der Waals surface area (Å²) in [5.74, 6) is 1.37. The second-order valence-electron chi connectivity index (χ2n) is 9.72. The van der Waals surface area contributed by atoms with Gasteiger partial charge in [0.1, 0.15) is 11.4 Å². The van der Waals surface area contributed by atoms with Gasteiger partial charge in [-0.15, -0.1) is 0 Å². The molecule has 0 radical (unpaired) electrons. The summed E-state index contributed by atoms with van der Waals surface area (Å²) >= 11 is 0. The molecule has 1 amide bonds. The van der Waals surface area contributed by atoms with Crippen LogP contribution in [0.15, 0.2) is 36.5 Å². The Labute approximate surface area is 211 Å². The first-order chi connectivity index (χ1) is 17.5. The van der Waals surface area contributed by atoms with Gasteiger partial charge in [0.25, 0.3) is 0 Å². The highest BCUT2D eigenvalue weighted by Crippen LogP contribution is 2.32. The van der Waals surface area contributed by atoms with Gasteiger partial charge in [-0.2, -0.15) is 4.98 Å². The topological polar surface area (TPSA) is 110 Å². The van der Waals surface area contributed by atoms with Gasteiger partial charge in [0, 0.05) is 56.9 Å². The second kappa shape index (κ2) is 10.5. The van der Waals surface area contributed by atoms with Crippen LogP contribution in [-0.2, 0) is 4.79 Å². The summed E-state index contributed by atoms with van der Waals surface area (Å²) in [6.45, 7) is 6.31. The Bertz CT molecular complexity index is 1250. The summed E-state index contributed by atoms with van der Waals surface area (Å²) in [4.78, 5) is 30.1. The van der Waals surface area contributed by atoms with Crippen molar-refractivity contribution in [2.24, 2.45) is 0 Å². The summed E-state index contributed by atoms with van der Waals surface area (Å²) in [7, 11) is 0. The first-order valence-electron chi connectivity index (χ1n) is 12.8. The third kappa shape index (κ3) is 5.10. The number of aromatic nitrogens is 3. The Morgan fingerprint density at radius 3 is 2.61 bits per heavy atom. The number of piperazine rings is 1. The molecule has 3 aromatic rings. The molecule has 0 spiro atoms. The number of para-hydroxylation sites is 1. The number of anilines is 3. The van der Waals surface area contributed by atoms with E-state index in [4.69, 9.17) is 15.4 Å². The van der Waals surface area contributed by atoms with E-state index >= 15 is 0 Å². The van der Waals surface area contributed by atoms with Gasteiger partial charge in [0.2, 0.25) is 11.9 Å². The van der Waals surface area contributed by atoms with Crippen LogP contribution in [0.5, 0.6) is 0 Å². The van der Waals surface area contributed by atoms with Crippen LogP contribution in [0, 0.1) is 5.41 Å². The maximum Gasteiger partial charge on any atom is 0.228 e. The number of pyridine rings is 1. The van der Waals surface area contributed by atoms with Crippen molar-refractivity contribution in [1.29, 1.82) is 5.41 Å². The fourth-order valence-electron chi connectivity index (χ4n) is 5.07. The summed E-state index contributed by atoms with van der Waals surface area (Å²) < 4.78 is 0. The lowest BCUT2D eigenvalue weighted by Gasteiger charge is -2.34. The maximum absolute atomic E-state index is 11.8. The summed E-state index contributed by atoms with van der Waals surface area (Å²) in [6, 6.07) is 10.6. The van der Waals surface area contributed by atoms with Crippen LogP contribution in [0.3, 0.4) is 0 Å². The lowest BCUT2D eigenvalue weighted by molar-refractivity contribution is -0.129. The number of fused-ring (bicyclic) bond motifs is 1. The van der Waals surface area contributed by atoms with Crippen molar-refractivity contribution in [2.75, 3.05) is 41.7 Å². The zero-order valence-electron chi connectivity index (χ0n) is 21.0. The number of hydrogen-bond donors (Lipinski definition) is 3. The maximum atomic E-state index is 11.8. The van der Waals surface area contributed by atoms with Gasteiger partial charge in [-0.3, -0.25) is 9.78 Å². The fourth-order valence-corrected chi connectivity index (χ4v) is 5.07. The molecule has 1 saturated heterocycles. The second-order valence-corrected chi connectivity index (χ2v) is 9.72. The van der Waals surface area contributed by atoms with Gasteiger partial charge in [-0.1, -0.05) is 31.0 Å².